The molecule has 0 heterocycles. The van der Waals surface area contributed by atoms with Crippen molar-refractivity contribution in [3.05, 3.63) is 59.7 Å². The zero-order valence-electron chi connectivity index (χ0n) is 12.8. The van der Waals surface area contributed by atoms with E-state index in [9.17, 15) is 10.2 Å². The molecule has 0 fully saturated rings. The lowest BCUT2D eigenvalue weighted by atomic mass is 9.81. The van der Waals surface area contributed by atoms with Crippen LogP contribution in [0.4, 0.5) is 0 Å². The fraction of sp³-hybridized carbons (Fsp3) is 0.368. The molecule has 2 aromatic rings. The monoisotopic (exact) mass is 284 g/mol. The SMILES string of the molecule is CC(C)(CCCc1ccc(O)cc1)Cc1ccc(O)cc1. The van der Waals surface area contributed by atoms with E-state index in [-0.39, 0.29) is 5.41 Å². The number of benzene rings is 2. The molecule has 2 N–H and O–H groups in total. The van der Waals surface area contributed by atoms with Gasteiger partial charge in [-0.1, -0.05) is 38.1 Å². The molecule has 0 aliphatic carbocycles. The first-order chi connectivity index (χ1) is 9.94. The Morgan fingerprint density at radius 3 is 1.76 bits per heavy atom. The highest BCUT2D eigenvalue weighted by Gasteiger charge is 2.18. The molecule has 2 nitrogen and oxygen atoms in total. The minimum Gasteiger partial charge on any atom is -0.508 e. The zero-order valence-corrected chi connectivity index (χ0v) is 12.8. The van der Waals surface area contributed by atoms with Crippen molar-refractivity contribution in [3.63, 3.8) is 0 Å². The first-order valence-corrected chi connectivity index (χ1v) is 7.50. The van der Waals surface area contributed by atoms with E-state index in [2.05, 4.69) is 13.8 Å². The van der Waals surface area contributed by atoms with Gasteiger partial charge in [-0.3, -0.25) is 0 Å². The molecule has 0 bridgehead atoms. The summed E-state index contributed by atoms with van der Waals surface area (Å²) in [6.45, 7) is 4.58. The van der Waals surface area contributed by atoms with Crippen LogP contribution in [-0.4, -0.2) is 10.2 Å². The van der Waals surface area contributed by atoms with Crippen LogP contribution in [-0.2, 0) is 12.8 Å². The molecule has 2 heteroatoms. The Labute approximate surface area is 127 Å². The number of hydrogen-bond acceptors (Lipinski definition) is 2. The average Bonchev–Trinajstić information content (AvgIpc) is 2.43. The predicted octanol–water partition coefficient (Wildman–Crippen LogP) is 4.69. The van der Waals surface area contributed by atoms with Gasteiger partial charge in [-0.25, -0.2) is 0 Å². The van der Waals surface area contributed by atoms with Crippen molar-refractivity contribution in [1.29, 1.82) is 0 Å². The molecule has 2 aromatic carbocycles. The van der Waals surface area contributed by atoms with Crippen molar-refractivity contribution in [2.24, 2.45) is 5.41 Å². The third-order valence-corrected chi connectivity index (χ3v) is 3.87. The molecule has 0 spiro atoms. The number of phenols is 2. The molecule has 21 heavy (non-hydrogen) atoms. The van der Waals surface area contributed by atoms with Crippen LogP contribution in [0.3, 0.4) is 0 Å². The molecule has 0 aromatic heterocycles. The minimum absolute atomic E-state index is 0.244. The Morgan fingerprint density at radius 2 is 1.24 bits per heavy atom. The lowest BCUT2D eigenvalue weighted by Crippen LogP contribution is -2.15. The summed E-state index contributed by atoms with van der Waals surface area (Å²) in [7, 11) is 0. The summed E-state index contributed by atoms with van der Waals surface area (Å²) >= 11 is 0. The standard InChI is InChI=1S/C19H24O2/c1-19(2,14-16-7-11-18(21)12-8-16)13-3-4-15-5-9-17(20)10-6-15/h5-12,20-21H,3-4,13-14H2,1-2H3. The fourth-order valence-electron chi connectivity index (χ4n) is 2.69. The van der Waals surface area contributed by atoms with Crippen molar-refractivity contribution in [2.45, 2.75) is 39.5 Å². The predicted molar refractivity (Wildman–Crippen MR) is 86.6 cm³/mol. The number of phenolic OH excluding ortho intramolecular Hbond substituents is 2. The minimum atomic E-state index is 0.244. The molecule has 0 aliphatic heterocycles. The van der Waals surface area contributed by atoms with Crippen LogP contribution in [0.25, 0.3) is 0 Å². The van der Waals surface area contributed by atoms with Crippen LogP contribution in [0.1, 0.15) is 37.8 Å². The molecule has 0 saturated carbocycles. The van der Waals surface area contributed by atoms with E-state index in [4.69, 9.17) is 0 Å². The maximum atomic E-state index is 9.32. The summed E-state index contributed by atoms with van der Waals surface area (Å²) in [5.41, 5.74) is 2.78. The normalized spacial score (nSPS) is 11.5. The van der Waals surface area contributed by atoms with Gasteiger partial charge in [0, 0.05) is 0 Å². The Balaban J connectivity index is 1.83. The second-order valence-corrected chi connectivity index (χ2v) is 6.53. The highest BCUT2D eigenvalue weighted by atomic mass is 16.3. The summed E-state index contributed by atoms with van der Waals surface area (Å²) in [6, 6.07) is 15.0. The van der Waals surface area contributed by atoms with Gasteiger partial charge in [-0.15, -0.1) is 0 Å². The quantitative estimate of drug-likeness (QED) is 0.808. The van der Waals surface area contributed by atoms with E-state index < -0.39 is 0 Å². The Morgan fingerprint density at radius 1 is 0.762 bits per heavy atom. The Kier molecular flexibility index (Phi) is 4.89. The smallest absolute Gasteiger partial charge is 0.115 e. The van der Waals surface area contributed by atoms with Crippen molar-refractivity contribution >= 4 is 0 Å². The molecular weight excluding hydrogens is 260 g/mol. The first-order valence-electron chi connectivity index (χ1n) is 7.50. The van der Waals surface area contributed by atoms with E-state index in [1.54, 1.807) is 24.3 Å². The first kappa shape index (κ1) is 15.4. The van der Waals surface area contributed by atoms with Gasteiger partial charge in [0.1, 0.15) is 11.5 Å². The highest BCUT2D eigenvalue weighted by molar-refractivity contribution is 5.27. The molecule has 0 aliphatic rings. The Hall–Kier alpha value is -1.96. The lowest BCUT2D eigenvalue weighted by Gasteiger charge is -2.25. The number of aromatic hydroxyl groups is 2. The van der Waals surface area contributed by atoms with Crippen LogP contribution in [0, 0.1) is 5.41 Å². The molecule has 2 rings (SSSR count). The summed E-state index contributed by atoms with van der Waals surface area (Å²) in [4.78, 5) is 0. The second-order valence-electron chi connectivity index (χ2n) is 6.53. The van der Waals surface area contributed by atoms with Crippen molar-refractivity contribution in [3.8, 4) is 11.5 Å². The topological polar surface area (TPSA) is 40.5 Å². The van der Waals surface area contributed by atoms with Crippen LogP contribution < -0.4 is 0 Å². The summed E-state index contributed by atoms with van der Waals surface area (Å²) in [5.74, 6) is 0.648. The molecular formula is C19H24O2. The molecule has 0 atom stereocenters. The fourth-order valence-corrected chi connectivity index (χ4v) is 2.69. The summed E-state index contributed by atoms with van der Waals surface area (Å²) in [5, 5.41) is 18.6. The van der Waals surface area contributed by atoms with Crippen molar-refractivity contribution in [1.82, 2.24) is 0 Å². The van der Waals surface area contributed by atoms with Crippen LogP contribution in [0.5, 0.6) is 11.5 Å². The van der Waals surface area contributed by atoms with Crippen LogP contribution in [0.2, 0.25) is 0 Å². The lowest BCUT2D eigenvalue weighted by molar-refractivity contribution is 0.323. The molecule has 0 radical (unpaired) electrons. The Bertz CT molecular complexity index is 553. The molecule has 0 amide bonds. The maximum Gasteiger partial charge on any atom is 0.115 e. The highest BCUT2D eigenvalue weighted by Crippen LogP contribution is 2.29. The molecule has 0 unspecified atom stereocenters. The average molecular weight is 284 g/mol. The van der Waals surface area contributed by atoms with E-state index in [0.717, 1.165) is 25.7 Å². The third-order valence-electron chi connectivity index (χ3n) is 3.87. The van der Waals surface area contributed by atoms with E-state index in [0.29, 0.717) is 11.5 Å². The van der Waals surface area contributed by atoms with E-state index in [1.807, 2.05) is 24.3 Å². The number of hydrogen-bond donors (Lipinski definition) is 2. The van der Waals surface area contributed by atoms with E-state index in [1.165, 1.54) is 11.1 Å². The molecule has 0 saturated heterocycles. The van der Waals surface area contributed by atoms with Gasteiger partial charge in [0.2, 0.25) is 0 Å². The zero-order chi connectivity index (χ0) is 15.3. The maximum absolute atomic E-state index is 9.32. The van der Waals surface area contributed by atoms with Crippen molar-refractivity contribution in [2.75, 3.05) is 0 Å². The summed E-state index contributed by atoms with van der Waals surface area (Å²) in [6.07, 6.45) is 4.34. The van der Waals surface area contributed by atoms with E-state index >= 15 is 0 Å². The van der Waals surface area contributed by atoms with Gasteiger partial charge in [0.05, 0.1) is 0 Å². The number of rotatable bonds is 6. The summed E-state index contributed by atoms with van der Waals surface area (Å²) < 4.78 is 0. The van der Waals surface area contributed by atoms with Gasteiger partial charge in [-0.2, -0.15) is 0 Å². The van der Waals surface area contributed by atoms with Crippen LogP contribution >= 0.6 is 0 Å². The van der Waals surface area contributed by atoms with Gasteiger partial charge in [0.25, 0.3) is 0 Å². The molecule has 112 valence electrons. The van der Waals surface area contributed by atoms with Gasteiger partial charge in [0.15, 0.2) is 0 Å². The second kappa shape index (κ2) is 6.66. The largest absolute Gasteiger partial charge is 0.508 e. The van der Waals surface area contributed by atoms with Crippen molar-refractivity contribution < 1.29 is 10.2 Å². The van der Waals surface area contributed by atoms with Crippen LogP contribution in [0.15, 0.2) is 48.5 Å². The third kappa shape index (κ3) is 5.14. The van der Waals surface area contributed by atoms with Gasteiger partial charge < -0.3 is 10.2 Å². The number of aryl methyl sites for hydroxylation is 1. The van der Waals surface area contributed by atoms with Gasteiger partial charge in [-0.05, 0) is 66.5 Å². The van der Waals surface area contributed by atoms with Gasteiger partial charge >= 0.3 is 0 Å².